The minimum absolute atomic E-state index is 0.0597. The first-order chi connectivity index (χ1) is 15.7. The van der Waals surface area contributed by atoms with Gasteiger partial charge in [-0.1, -0.05) is 17.8 Å². The van der Waals surface area contributed by atoms with E-state index < -0.39 is 0 Å². The van der Waals surface area contributed by atoms with E-state index in [0.717, 1.165) is 11.1 Å². The van der Waals surface area contributed by atoms with Crippen LogP contribution in [-0.2, 0) is 11.2 Å². The Hall–Kier alpha value is -3.66. The molecule has 164 valence electrons. The zero-order valence-corrected chi connectivity index (χ0v) is 18.5. The number of hydrogen-bond acceptors (Lipinski definition) is 8. The smallest absolute Gasteiger partial charge is 0.230 e. The zero-order chi connectivity index (χ0) is 22.3. The van der Waals surface area contributed by atoms with Gasteiger partial charge in [-0.3, -0.25) is 9.78 Å². The van der Waals surface area contributed by atoms with Gasteiger partial charge in [-0.05, 0) is 48.4 Å². The van der Waals surface area contributed by atoms with E-state index in [1.807, 2.05) is 42.5 Å². The predicted molar refractivity (Wildman–Crippen MR) is 121 cm³/mol. The molecule has 4 aromatic rings. The predicted octanol–water partition coefficient (Wildman–Crippen LogP) is 2.65. The first kappa shape index (κ1) is 21.6. The molecular weight excluding hydrogens is 428 g/mol. The number of fused-ring (bicyclic) bond motifs is 1. The van der Waals surface area contributed by atoms with Gasteiger partial charge in [-0.15, -0.1) is 10.2 Å². The first-order valence-electron chi connectivity index (χ1n) is 9.91. The summed E-state index contributed by atoms with van der Waals surface area (Å²) in [5.41, 5.74) is 2.56. The van der Waals surface area contributed by atoms with Crippen molar-refractivity contribution in [3.8, 4) is 22.9 Å². The van der Waals surface area contributed by atoms with Crippen molar-refractivity contribution in [1.29, 1.82) is 0 Å². The standard InChI is InChI=1S/C22H22N6O3S/c1-30-17-4-3-15(13-18(17)31-2)7-12-24-20(29)14-32-21-6-5-19-25-26-22(28(19)27-21)16-8-10-23-11-9-16/h3-6,8-11,13H,7,12,14H2,1-2H3,(H,24,29). The highest BCUT2D eigenvalue weighted by Crippen LogP contribution is 2.27. The number of carbonyl (C=O) groups is 1. The number of nitrogens with zero attached hydrogens (tertiary/aromatic N) is 5. The largest absolute Gasteiger partial charge is 0.493 e. The number of nitrogens with one attached hydrogen (secondary N) is 1. The molecule has 4 rings (SSSR count). The van der Waals surface area contributed by atoms with E-state index >= 15 is 0 Å². The lowest BCUT2D eigenvalue weighted by atomic mass is 10.1. The molecule has 0 bridgehead atoms. The van der Waals surface area contributed by atoms with Crippen LogP contribution in [0.1, 0.15) is 5.56 Å². The Balaban J connectivity index is 1.32. The van der Waals surface area contributed by atoms with Gasteiger partial charge in [-0.25, -0.2) is 0 Å². The molecule has 0 unspecified atom stereocenters. The minimum atomic E-state index is -0.0597. The molecular formula is C22H22N6O3S. The summed E-state index contributed by atoms with van der Waals surface area (Å²) in [4.78, 5) is 16.3. The van der Waals surface area contributed by atoms with Crippen LogP contribution in [0.4, 0.5) is 0 Å². The Morgan fingerprint density at radius 3 is 2.62 bits per heavy atom. The van der Waals surface area contributed by atoms with Crippen LogP contribution in [0.3, 0.4) is 0 Å². The van der Waals surface area contributed by atoms with Crippen molar-refractivity contribution in [3.05, 3.63) is 60.4 Å². The fourth-order valence-electron chi connectivity index (χ4n) is 3.10. The van der Waals surface area contributed by atoms with Gasteiger partial charge in [0.1, 0.15) is 5.03 Å². The molecule has 0 aliphatic heterocycles. The number of pyridine rings is 1. The second-order valence-electron chi connectivity index (χ2n) is 6.78. The third-order valence-electron chi connectivity index (χ3n) is 4.71. The number of carbonyl (C=O) groups excluding carboxylic acids is 1. The van der Waals surface area contributed by atoms with Gasteiger partial charge in [0.15, 0.2) is 23.0 Å². The Morgan fingerprint density at radius 2 is 1.84 bits per heavy atom. The van der Waals surface area contributed by atoms with Crippen molar-refractivity contribution < 1.29 is 14.3 Å². The Morgan fingerprint density at radius 1 is 1.03 bits per heavy atom. The number of methoxy groups -OCH3 is 2. The summed E-state index contributed by atoms with van der Waals surface area (Å²) in [5.74, 6) is 2.19. The molecule has 1 aromatic carbocycles. The normalized spacial score (nSPS) is 10.8. The number of aromatic nitrogens is 5. The summed E-state index contributed by atoms with van der Waals surface area (Å²) < 4.78 is 12.2. The molecule has 32 heavy (non-hydrogen) atoms. The molecule has 0 aliphatic carbocycles. The summed E-state index contributed by atoms with van der Waals surface area (Å²) in [6.07, 6.45) is 4.08. The average Bonchev–Trinajstić information content (AvgIpc) is 3.26. The van der Waals surface area contributed by atoms with Crippen LogP contribution in [0.15, 0.2) is 59.9 Å². The van der Waals surface area contributed by atoms with Gasteiger partial charge in [-0.2, -0.15) is 9.61 Å². The fourth-order valence-corrected chi connectivity index (χ4v) is 3.79. The quantitative estimate of drug-likeness (QED) is 0.388. The first-order valence-corrected chi connectivity index (χ1v) is 10.9. The fraction of sp³-hybridized carbons (Fsp3) is 0.227. The Bertz CT molecular complexity index is 1220. The van der Waals surface area contributed by atoms with E-state index in [-0.39, 0.29) is 11.7 Å². The van der Waals surface area contributed by atoms with Crippen molar-refractivity contribution in [2.75, 3.05) is 26.5 Å². The molecule has 0 saturated carbocycles. The average molecular weight is 451 g/mol. The summed E-state index contributed by atoms with van der Waals surface area (Å²) in [6, 6.07) is 13.1. The van der Waals surface area contributed by atoms with E-state index in [2.05, 4.69) is 25.6 Å². The van der Waals surface area contributed by atoms with E-state index in [1.54, 1.807) is 31.1 Å². The maximum atomic E-state index is 12.3. The summed E-state index contributed by atoms with van der Waals surface area (Å²) >= 11 is 1.36. The second-order valence-corrected chi connectivity index (χ2v) is 7.77. The molecule has 9 nitrogen and oxygen atoms in total. The molecule has 3 heterocycles. The van der Waals surface area contributed by atoms with Crippen LogP contribution in [0, 0.1) is 0 Å². The highest BCUT2D eigenvalue weighted by Gasteiger charge is 2.11. The number of thioether (sulfide) groups is 1. The van der Waals surface area contributed by atoms with Crippen molar-refractivity contribution in [2.24, 2.45) is 0 Å². The lowest BCUT2D eigenvalue weighted by Gasteiger charge is -2.10. The lowest BCUT2D eigenvalue weighted by Crippen LogP contribution is -2.27. The third-order valence-corrected chi connectivity index (χ3v) is 5.63. The Labute approximate surface area is 189 Å². The lowest BCUT2D eigenvalue weighted by molar-refractivity contribution is -0.118. The molecule has 0 spiro atoms. The zero-order valence-electron chi connectivity index (χ0n) is 17.7. The minimum Gasteiger partial charge on any atom is -0.493 e. The molecule has 0 atom stereocenters. The molecule has 0 radical (unpaired) electrons. The van der Waals surface area contributed by atoms with Gasteiger partial charge in [0.2, 0.25) is 5.91 Å². The highest BCUT2D eigenvalue weighted by atomic mass is 32.2. The van der Waals surface area contributed by atoms with Crippen molar-refractivity contribution in [2.45, 2.75) is 11.4 Å². The topological polar surface area (TPSA) is 104 Å². The van der Waals surface area contributed by atoms with Crippen LogP contribution in [0.2, 0.25) is 0 Å². The van der Waals surface area contributed by atoms with E-state index in [4.69, 9.17) is 9.47 Å². The van der Waals surface area contributed by atoms with Gasteiger partial charge in [0, 0.05) is 24.5 Å². The van der Waals surface area contributed by atoms with E-state index in [0.29, 0.717) is 41.0 Å². The van der Waals surface area contributed by atoms with Crippen LogP contribution in [0.5, 0.6) is 11.5 Å². The van der Waals surface area contributed by atoms with Gasteiger partial charge >= 0.3 is 0 Å². The molecule has 3 aromatic heterocycles. The number of ether oxygens (including phenoxy) is 2. The molecule has 0 fully saturated rings. The maximum Gasteiger partial charge on any atom is 0.230 e. The SMILES string of the molecule is COc1ccc(CCNC(=O)CSc2ccc3nnc(-c4ccncc4)n3n2)cc1OC. The number of amides is 1. The summed E-state index contributed by atoms with van der Waals surface area (Å²) in [6.45, 7) is 0.527. The highest BCUT2D eigenvalue weighted by molar-refractivity contribution is 7.99. The summed E-state index contributed by atoms with van der Waals surface area (Å²) in [7, 11) is 3.21. The number of rotatable bonds is 9. The number of hydrogen-bond donors (Lipinski definition) is 1. The molecule has 10 heteroatoms. The van der Waals surface area contributed by atoms with Crippen LogP contribution >= 0.6 is 11.8 Å². The number of benzene rings is 1. The van der Waals surface area contributed by atoms with Gasteiger partial charge < -0.3 is 14.8 Å². The van der Waals surface area contributed by atoms with Crippen LogP contribution in [-0.4, -0.2) is 57.2 Å². The van der Waals surface area contributed by atoms with E-state index in [1.165, 1.54) is 11.8 Å². The molecule has 0 saturated heterocycles. The van der Waals surface area contributed by atoms with Gasteiger partial charge in [0.25, 0.3) is 0 Å². The van der Waals surface area contributed by atoms with Gasteiger partial charge in [0.05, 0.1) is 20.0 Å². The molecule has 1 N–H and O–H groups in total. The van der Waals surface area contributed by atoms with Crippen molar-refractivity contribution in [3.63, 3.8) is 0 Å². The Kier molecular flexibility index (Phi) is 6.81. The summed E-state index contributed by atoms with van der Waals surface area (Å²) in [5, 5.41) is 16.6. The maximum absolute atomic E-state index is 12.3. The second kappa shape index (κ2) is 10.1. The van der Waals surface area contributed by atoms with Crippen molar-refractivity contribution in [1.82, 2.24) is 30.1 Å². The molecule has 0 aliphatic rings. The van der Waals surface area contributed by atoms with E-state index in [9.17, 15) is 4.79 Å². The monoisotopic (exact) mass is 450 g/mol. The van der Waals surface area contributed by atoms with Crippen molar-refractivity contribution >= 4 is 23.3 Å². The third kappa shape index (κ3) is 4.97. The van der Waals surface area contributed by atoms with Crippen LogP contribution in [0.25, 0.3) is 17.0 Å². The van der Waals surface area contributed by atoms with Crippen LogP contribution < -0.4 is 14.8 Å². The molecule has 1 amide bonds.